The van der Waals surface area contributed by atoms with Crippen LogP contribution in [0.5, 0.6) is 0 Å². The van der Waals surface area contributed by atoms with Crippen molar-refractivity contribution < 1.29 is 9.90 Å². The van der Waals surface area contributed by atoms with Crippen LogP contribution in [0.1, 0.15) is 45.6 Å². The zero-order valence-corrected chi connectivity index (χ0v) is 11.6. The van der Waals surface area contributed by atoms with E-state index in [0.717, 1.165) is 30.2 Å². The van der Waals surface area contributed by atoms with Crippen molar-refractivity contribution in [1.82, 2.24) is 14.8 Å². The van der Waals surface area contributed by atoms with Crippen LogP contribution in [0.2, 0.25) is 0 Å². The Balaban J connectivity index is 2.29. The number of rotatable bonds is 8. The van der Waals surface area contributed by atoms with E-state index in [-0.39, 0.29) is 12.5 Å². The van der Waals surface area contributed by atoms with Crippen LogP contribution in [0.3, 0.4) is 0 Å². The summed E-state index contributed by atoms with van der Waals surface area (Å²) in [5, 5.41) is 17.2. The lowest BCUT2D eigenvalue weighted by Crippen LogP contribution is -2.07. The van der Waals surface area contributed by atoms with Gasteiger partial charge in [-0.25, -0.2) is 0 Å². The minimum Gasteiger partial charge on any atom is -0.481 e. The normalized spacial score (nSPS) is 11.1. The molecule has 0 atom stereocenters. The lowest BCUT2D eigenvalue weighted by Gasteiger charge is -2.10. The van der Waals surface area contributed by atoms with E-state index in [0.29, 0.717) is 5.95 Å². The lowest BCUT2D eigenvalue weighted by atomic mass is 10.2. The largest absolute Gasteiger partial charge is 0.481 e. The molecule has 6 nitrogen and oxygen atoms in total. The summed E-state index contributed by atoms with van der Waals surface area (Å²) in [6.07, 6.45) is 2.88. The van der Waals surface area contributed by atoms with Crippen LogP contribution in [-0.4, -0.2) is 31.6 Å². The molecule has 0 spiro atoms. The Morgan fingerprint density at radius 1 is 1.39 bits per heavy atom. The molecule has 1 aromatic heterocycles. The van der Waals surface area contributed by atoms with Crippen LogP contribution in [0.15, 0.2) is 5.16 Å². The molecule has 0 bridgehead atoms. The van der Waals surface area contributed by atoms with Crippen LogP contribution in [-0.2, 0) is 4.79 Å². The second-order valence-electron chi connectivity index (χ2n) is 4.36. The van der Waals surface area contributed by atoms with Gasteiger partial charge in [-0.3, -0.25) is 9.36 Å². The molecular formula is C11H20N4O2S. The third kappa shape index (κ3) is 4.56. The number of nitrogens with zero attached hydrogens (tertiary/aromatic N) is 3. The molecule has 102 valence electrons. The Kier molecular flexibility index (Phi) is 5.97. The van der Waals surface area contributed by atoms with E-state index in [4.69, 9.17) is 10.8 Å². The van der Waals surface area contributed by atoms with Gasteiger partial charge >= 0.3 is 5.97 Å². The van der Waals surface area contributed by atoms with Gasteiger partial charge in [-0.15, -0.1) is 10.2 Å². The first-order valence-corrected chi connectivity index (χ1v) is 7.06. The first-order valence-electron chi connectivity index (χ1n) is 6.07. The molecule has 1 aromatic rings. The highest BCUT2D eigenvalue weighted by molar-refractivity contribution is 7.99. The third-order valence-electron chi connectivity index (χ3n) is 2.47. The third-order valence-corrected chi connectivity index (χ3v) is 3.50. The quantitative estimate of drug-likeness (QED) is 0.556. The Morgan fingerprint density at radius 2 is 2.11 bits per heavy atom. The van der Waals surface area contributed by atoms with Crippen molar-refractivity contribution in [3.63, 3.8) is 0 Å². The van der Waals surface area contributed by atoms with Gasteiger partial charge in [0.1, 0.15) is 0 Å². The number of aliphatic carboxylic acids is 1. The Hall–Kier alpha value is -1.24. The first-order chi connectivity index (χ1) is 8.52. The maximum atomic E-state index is 10.3. The molecule has 0 saturated heterocycles. The van der Waals surface area contributed by atoms with Gasteiger partial charge in [0, 0.05) is 18.2 Å². The molecule has 0 unspecified atom stereocenters. The summed E-state index contributed by atoms with van der Waals surface area (Å²) >= 11 is 1.62. The average Bonchev–Trinajstić information content (AvgIpc) is 2.64. The number of nitrogens with two attached hydrogens (primary N) is 1. The standard InChI is InChI=1S/C11H20N4O2S/c1-8(2)15-10(12)13-14-11(15)18-7-5-3-4-6-9(16)17/h8H,3-7H2,1-2H3,(H2,12,13)(H,16,17). The van der Waals surface area contributed by atoms with Gasteiger partial charge in [-0.05, 0) is 26.7 Å². The molecular weight excluding hydrogens is 252 g/mol. The molecule has 0 aliphatic heterocycles. The Bertz CT molecular complexity index is 392. The molecule has 0 aliphatic carbocycles. The SMILES string of the molecule is CC(C)n1c(N)nnc1SCCCCCC(=O)O. The topological polar surface area (TPSA) is 94.0 Å². The van der Waals surface area contributed by atoms with E-state index in [1.807, 2.05) is 18.4 Å². The van der Waals surface area contributed by atoms with Gasteiger partial charge in [0.25, 0.3) is 0 Å². The number of hydrogen-bond donors (Lipinski definition) is 2. The summed E-state index contributed by atoms with van der Waals surface area (Å²) < 4.78 is 1.90. The van der Waals surface area contributed by atoms with Crippen molar-refractivity contribution in [3.05, 3.63) is 0 Å². The number of hydrogen-bond acceptors (Lipinski definition) is 5. The van der Waals surface area contributed by atoms with Crippen molar-refractivity contribution in [3.8, 4) is 0 Å². The van der Waals surface area contributed by atoms with Gasteiger partial charge < -0.3 is 10.8 Å². The van der Waals surface area contributed by atoms with E-state index in [9.17, 15) is 4.79 Å². The fourth-order valence-electron chi connectivity index (χ4n) is 1.59. The van der Waals surface area contributed by atoms with Gasteiger partial charge in [-0.1, -0.05) is 18.2 Å². The number of aromatic nitrogens is 3. The number of thioether (sulfide) groups is 1. The van der Waals surface area contributed by atoms with Crippen LogP contribution in [0.25, 0.3) is 0 Å². The van der Waals surface area contributed by atoms with Crippen LogP contribution < -0.4 is 5.73 Å². The number of unbranched alkanes of at least 4 members (excludes halogenated alkanes) is 2. The second kappa shape index (κ2) is 7.25. The number of anilines is 1. The predicted octanol–water partition coefficient (Wildman–Crippen LogP) is 2.18. The van der Waals surface area contributed by atoms with E-state index in [1.54, 1.807) is 11.8 Å². The molecule has 1 heterocycles. The maximum absolute atomic E-state index is 10.3. The maximum Gasteiger partial charge on any atom is 0.303 e. The van der Waals surface area contributed by atoms with Crippen molar-refractivity contribution in [1.29, 1.82) is 0 Å². The second-order valence-corrected chi connectivity index (χ2v) is 5.42. The van der Waals surface area contributed by atoms with Crippen molar-refractivity contribution in [2.75, 3.05) is 11.5 Å². The molecule has 0 amide bonds. The molecule has 0 saturated carbocycles. The Morgan fingerprint density at radius 3 is 2.72 bits per heavy atom. The summed E-state index contributed by atoms with van der Waals surface area (Å²) in [5.74, 6) is 0.623. The number of carbonyl (C=O) groups is 1. The molecule has 0 aliphatic rings. The summed E-state index contributed by atoms with van der Waals surface area (Å²) in [6.45, 7) is 4.08. The summed E-state index contributed by atoms with van der Waals surface area (Å²) in [4.78, 5) is 10.3. The zero-order chi connectivity index (χ0) is 13.5. The van der Waals surface area contributed by atoms with Crippen LogP contribution in [0, 0.1) is 0 Å². The first kappa shape index (κ1) is 14.8. The summed E-state index contributed by atoms with van der Waals surface area (Å²) in [7, 11) is 0. The molecule has 0 radical (unpaired) electrons. The number of carboxylic acids is 1. The minimum atomic E-state index is -0.727. The van der Waals surface area contributed by atoms with Gasteiger partial charge in [0.2, 0.25) is 5.95 Å². The van der Waals surface area contributed by atoms with Crippen molar-refractivity contribution in [2.45, 2.75) is 50.7 Å². The zero-order valence-electron chi connectivity index (χ0n) is 10.8. The lowest BCUT2D eigenvalue weighted by molar-refractivity contribution is -0.137. The highest BCUT2D eigenvalue weighted by Crippen LogP contribution is 2.23. The smallest absolute Gasteiger partial charge is 0.303 e. The molecule has 7 heteroatoms. The summed E-state index contributed by atoms with van der Waals surface area (Å²) in [5.41, 5.74) is 5.74. The minimum absolute atomic E-state index is 0.245. The van der Waals surface area contributed by atoms with Crippen LogP contribution >= 0.6 is 11.8 Å². The molecule has 1 rings (SSSR count). The van der Waals surface area contributed by atoms with Crippen molar-refractivity contribution >= 4 is 23.7 Å². The highest BCUT2D eigenvalue weighted by Gasteiger charge is 2.12. The van der Waals surface area contributed by atoms with E-state index >= 15 is 0 Å². The summed E-state index contributed by atoms with van der Waals surface area (Å²) in [6, 6.07) is 0.245. The fraction of sp³-hybridized carbons (Fsp3) is 0.727. The fourth-order valence-corrected chi connectivity index (χ4v) is 2.66. The molecule has 3 N–H and O–H groups in total. The molecule has 18 heavy (non-hydrogen) atoms. The number of carboxylic acid groups (broad SMARTS) is 1. The van der Waals surface area contributed by atoms with E-state index in [2.05, 4.69) is 10.2 Å². The van der Waals surface area contributed by atoms with Gasteiger partial charge in [0.15, 0.2) is 5.16 Å². The predicted molar refractivity (Wildman–Crippen MR) is 71.6 cm³/mol. The molecule has 0 fully saturated rings. The monoisotopic (exact) mass is 272 g/mol. The van der Waals surface area contributed by atoms with E-state index in [1.165, 1.54) is 0 Å². The Labute approximate surface area is 111 Å². The van der Waals surface area contributed by atoms with Gasteiger partial charge in [-0.2, -0.15) is 0 Å². The average molecular weight is 272 g/mol. The van der Waals surface area contributed by atoms with E-state index < -0.39 is 5.97 Å². The van der Waals surface area contributed by atoms with Crippen molar-refractivity contribution in [2.24, 2.45) is 0 Å². The number of nitrogen functional groups attached to an aromatic ring is 1. The van der Waals surface area contributed by atoms with Crippen LogP contribution in [0.4, 0.5) is 5.95 Å². The highest BCUT2D eigenvalue weighted by atomic mass is 32.2. The van der Waals surface area contributed by atoms with Gasteiger partial charge in [0.05, 0.1) is 0 Å². The molecule has 0 aromatic carbocycles.